The highest BCUT2D eigenvalue weighted by Crippen LogP contribution is 2.32. The normalized spacial score (nSPS) is 34.0. The van der Waals surface area contributed by atoms with Gasteiger partial charge in [-0.15, -0.1) is 0 Å². The molecule has 0 amide bonds. The molecule has 122 valence electrons. The summed E-state index contributed by atoms with van der Waals surface area (Å²) in [7, 11) is 2.08. The van der Waals surface area contributed by atoms with Crippen LogP contribution in [0.2, 0.25) is 0 Å². The van der Waals surface area contributed by atoms with E-state index in [-0.39, 0.29) is 0 Å². The quantitative estimate of drug-likeness (QED) is 0.813. The number of likely N-dealkylation sites (tertiary alicyclic amines) is 1. The van der Waals surface area contributed by atoms with Crippen LogP contribution < -0.4 is 0 Å². The summed E-state index contributed by atoms with van der Waals surface area (Å²) in [6, 6.07) is 1.05. The monoisotopic (exact) mass is 306 g/mol. The smallest absolute Gasteiger partial charge is 0.122 e. The van der Waals surface area contributed by atoms with E-state index >= 15 is 0 Å². The van der Waals surface area contributed by atoms with E-state index in [9.17, 15) is 0 Å². The number of hydrogen-bond acceptors (Lipinski definition) is 5. The van der Waals surface area contributed by atoms with Gasteiger partial charge in [-0.3, -0.25) is 9.80 Å². The van der Waals surface area contributed by atoms with Crippen molar-refractivity contribution >= 4 is 0 Å². The van der Waals surface area contributed by atoms with Gasteiger partial charge in [0.1, 0.15) is 5.82 Å². The van der Waals surface area contributed by atoms with Crippen molar-refractivity contribution in [2.45, 2.75) is 37.6 Å². The highest BCUT2D eigenvalue weighted by Gasteiger charge is 2.46. The van der Waals surface area contributed by atoms with Gasteiger partial charge in [0, 0.05) is 51.7 Å². The minimum atomic E-state index is 0.354. The van der Waals surface area contributed by atoms with Crippen LogP contribution in [0.1, 0.15) is 18.7 Å². The molecule has 4 heterocycles. The third-order valence-electron chi connectivity index (χ3n) is 5.38. The Hall–Kier alpha value is -0.950. The first-order chi connectivity index (χ1) is 10.8. The minimum absolute atomic E-state index is 0.354. The molecule has 0 radical (unpaired) electrons. The largest absolute Gasteiger partial charge is 0.379 e. The molecular weight excluding hydrogens is 280 g/mol. The molecule has 0 unspecified atom stereocenters. The lowest BCUT2D eigenvalue weighted by Crippen LogP contribution is -2.51. The number of nitrogens with zero attached hydrogens (tertiary/aromatic N) is 4. The van der Waals surface area contributed by atoms with Gasteiger partial charge >= 0.3 is 0 Å². The van der Waals surface area contributed by atoms with Gasteiger partial charge in [0.25, 0.3) is 0 Å². The standard InChI is InChI=1S/C16H26N4O2/c1-18-5-4-17-15(18)12-20-11-14(19-6-9-21-10-7-19)16-13(20)3-2-8-22-16/h4-5,13-14,16H,2-3,6-12H2,1H3/t13-,14-,16+/m0/s1. The van der Waals surface area contributed by atoms with E-state index in [0.29, 0.717) is 18.2 Å². The lowest BCUT2D eigenvalue weighted by molar-refractivity contribution is -0.0594. The summed E-state index contributed by atoms with van der Waals surface area (Å²) >= 11 is 0. The van der Waals surface area contributed by atoms with E-state index in [0.717, 1.165) is 51.8 Å². The predicted molar refractivity (Wildman–Crippen MR) is 82.6 cm³/mol. The van der Waals surface area contributed by atoms with E-state index in [1.807, 2.05) is 12.4 Å². The predicted octanol–water partition coefficient (Wildman–Crippen LogP) is 0.484. The SMILES string of the molecule is Cn1ccnc1CN1C[C@H](N2CCOCC2)[C@@H]2OCCC[C@@H]21. The molecule has 0 aliphatic carbocycles. The first kappa shape index (κ1) is 14.6. The van der Waals surface area contributed by atoms with E-state index in [2.05, 4.69) is 26.4 Å². The lowest BCUT2D eigenvalue weighted by Gasteiger charge is -2.37. The first-order valence-electron chi connectivity index (χ1n) is 8.46. The van der Waals surface area contributed by atoms with Crippen molar-refractivity contribution in [3.63, 3.8) is 0 Å². The Morgan fingerprint density at radius 3 is 2.86 bits per heavy atom. The van der Waals surface area contributed by atoms with Gasteiger partial charge in [-0.1, -0.05) is 0 Å². The van der Waals surface area contributed by atoms with Gasteiger partial charge < -0.3 is 14.0 Å². The van der Waals surface area contributed by atoms with Crippen LogP contribution in [0.5, 0.6) is 0 Å². The Morgan fingerprint density at radius 1 is 1.23 bits per heavy atom. The number of imidazole rings is 1. The molecule has 0 N–H and O–H groups in total. The lowest BCUT2D eigenvalue weighted by atomic mass is 10.00. The zero-order valence-electron chi connectivity index (χ0n) is 13.4. The summed E-state index contributed by atoms with van der Waals surface area (Å²) in [4.78, 5) is 9.67. The maximum Gasteiger partial charge on any atom is 0.122 e. The Kier molecular flexibility index (Phi) is 4.17. The van der Waals surface area contributed by atoms with Crippen LogP contribution in [0.25, 0.3) is 0 Å². The third kappa shape index (κ3) is 2.69. The second-order valence-corrected chi connectivity index (χ2v) is 6.64. The van der Waals surface area contributed by atoms with Crippen molar-refractivity contribution in [3.05, 3.63) is 18.2 Å². The van der Waals surface area contributed by atoms with Crippen LogP contribution in [0, 0.1) is 0 Å². The van der Waals surface area contributed by atoms with Gasteiger partial charge in [-0.25, -0.2) is 4.98 Å². The van der Waals surface area contributed by atoms with Crippen LogP contribution in [-0.2, 0) is 23.1 Å². The Morgan fingerprint density at radius 2 is 2.09 bits per heavy atom. The number of aromatic nitrogens is 2. The highest BCUT2D eigenvalue weighted by atomic mass is 16.5. The molecule has 0 bridgehead atoms. The van der Waals surface area contributed by atoms with Gasteiger partial charge in [-0.2, -0.15) is 0 Å². The summed E-state index contributed by atoms with van der Waals surface area (Å²) < 4.78 is 13.8. The average Bonchev–Trinajstić information content (AvgIpc) is 3.13. The molecular formula is C16H26N4O2. The molecule has 1 aromatic rings. The summed E-state index contributed by atoms with van der Waals surface area (Å²) in [6.45, 7) is 6.71. The zero-order valence-corrected chi connectivity index (χ0v) is 13.4. The van der Waals surface area contributed by atoms with Crippen molar-refractivity contribution in [3.8, 4) is 0 Å². The topological polar surface area (TPSA) is 42.8 Å². The molecule has 3 fully saturated rings. The molecule has 3 saturated heterocycles. The second kappa shape index (κ2) is 6.28. The number of hydrogen-bond donors (Lipinski definition) is 0. The Bertz CT molecular complexity index is 500. The maximum atomic E-state index is 6.20. The van der Waals surface area contributed by atoms with Gasteiger partial charge in [-0.05, 0) is 12.8 Å². The van der Waals surface area contributed by atoms with Crippen molar-refractivity contribution < 1.29 is 9.47 Å². The average molecular weight is 306 g/mol. The van der Waals surface area contributed by atoms with Crippen molar-refractivity contribution in [2.75, 3.05) is 39.5 Å². The van der Waals surface area contributed by atoms with Gasteiger partial charge in [0.2, 0.25) is 0 Å². The van der Waals surface area contributed by atoms with Gasteiger partial charge in [0.15, 0.2) is 0 Å². The van der Waals surface area contributed by atoms with Crippen LogP contribution in [0.15, 0.2) is 12.4 Å². The number of fused-ring (bicyclic) bond motifs is 1. The molecule has 0 saturated carbocycles. The maximum absolute atomic E-state index is 6.20. The molecule has 3 aliphatic heterocycles. The highest BCUT2D eigenvalue weighted by molar-refractivity contribution is 5.03. The fourth-order valence-electron chi connectivity index (χ4n) is 4.17. The molecule has 22 heavy (non-hydrogen) atoms. The molecule has 3 aliphatic rings. The van der Waals surface area contributed by atoms with E-state index in [1.54, 1.807) is 0 Å². The van der Waals surface area contributed by atoms with E-state index in [4.69, 9.17) is 9.47 Å². The van der Waals surface area contributed by atoms with Crippen molar-refractivity contribution in [2.24, 2.45) is 7.05 Å². The molecule has 0 spiro atoms. The van der Waals surface area contributed by atoms with Crippen LogP contribution in [0.4, 0.5) is 0 Å². The fraction of sp³-hybridized carbons (Fsp3) is 0.812. The molecule has 6 nitrogen and oxygen atoms in total. The van der Waals surface area contributed by atoms with Crippen LogP contribution in [0.3, 0.4) is 0 Å². The summed E-state index contributed by atoms with van der Waals surface area (Å²) in [5.74, 6) is 1.15. The molecule has 3 atom stereocenters. The second-order valence-electron chi connectivity index (χ2n) is 6.64. The third-order valence-corrected chi connectivity index (χ3v) is 5.38. The van der Waals surface area contributed by atoms with E-state index < -0.39 is 0 Å². The first-order valence-corrected chi connectivity index (χ1v) is 8.46. The van der Waals surface area contributed by atoms with Crippen LogP contribution in [-0.4, -0.2) is 77.0 Å². The molecule has 0 aromatic carbocycles. The van der Waals surface area contributed by atoms with E-state index in [1.165, 1.54) is 12.8 Å². The van der Waals surface area contributed by atoms with Crippen LogP contribution >= 0.6 is 0 Å². The van der Waals surface area contributed by atoms with Crippen molar-refractivity contribution in [1.29, 1.82) is 0 Å². The van der Waals surface area contributed by atoms with Crippen molar-refractivity contribution in [1.82, 2.24) is 19.4 Å². The summed E-state index contributed by atoms with van der Waals surface area (Å²) in [5, 5.41) is 0. The van der Waals surface area contributed by atoms with Gasteiger partial charge in [0.05, 0.1) is 31.9 Å². The number of aryl methyl sites for hydroxylation is 1. The summed E-state index contributed by atoms with van der Waals surface area (Å²) in [5.41, 5.74) is 0. The number of morpholine rings is 1. The Balaban J connectivity index is 1.51. The molecule has 4 rings (SSSR count). The number of ether oxygens (including phenoxy) is 2. The zero-order chi connectivity index (χ0) is 14.9. The number of rotatable bonds is 3. The minimum Gasteiger partial charge on any atom is -0.379 e. The fourth-order valence-corrected chi connectivity index (χ4v) is 4.17. The molecule has 1 aromatic heterocycles. The Labute approximate surface area is 132 Å². The summed E-state index contributed by atoms with van der Waals surface area (Å²) in [6.07, 6.45) is 6.69. The molecule has 6 heteroatoms.